The van der Waals surface area contributed by atoms with Crippen LogP contribution in [0.3, 0.4) is 0 Å². The summed E-state index contributed by atoms with van der Waals surface area (Å²) in [5, 5.41) is 5.08. The first kappa shape index (κ1) is 18.3. The number of aromatic nitrogens is 4. The average Bonchev–Trinajstić information content (AvgIpc) is 3.37. The predicted octanol–water partition coefficient (Wildman–Crippen LogP) is 3.13. The Hall–Kier alpha value is -3.74. The molecule has 3 aromatic heterocycles. The van der Waals surface area contributed by atoms with E-state index in [0.29, 0.717) is 11.9 Å². The number of amides is 1. The molecule has 0 bridgehead atoms. The van der Waals surface area contributed by atoms with Crippen LogP contribution in [0.5, 0.6) is 0 Å². The Balaban J connectivity index is 1.56. The fraction of sp³-hybridized carbons (Fsp3) is 0.217. The first-order valence-electron chi connectivity index (χ1n) is 9.90. The van der Waals surface area contributed by atoms with Gasteiger partial charge in [-0.2, -0.15) is 5.10 Å². The number of benzene rings is 1. The molecule has 0 N–H and O–H groups in total. The highest BCUT2D eigenvalue weighted by atomic mass is 16.2. The van der Waals surface area contributed by atoms with Crippen molar-refractivity contribution in [2.75, 3.05) is 11.4 Å². The highest BCUT2D eigenvalue weighted by Crippen LogP contribution is 2.30. The van der Waals surface area contributed by atoms with Crippen LogP contribution in [0.1, 0.15) is 12.8 Å². The summed E-state index contributed by atoms with van der Waals surface area (Å²) < 4.78 is 3.19. The van der Waals surface area contributed by atoms with Gasteiger partial charge in [-0.1, -0.05) is 12.1 Å². The lowest BCUT2D eigenvalue weighted by molar-refractivity contribution is -0.117. The van der Waals surface area contributed by atoms with Crippen molar-refractivity contribution in [1.29, 1.82) is 0 Å². The quantitative estimate of drug-likeness (QED) is 0.531. The standard InChI is InChI=1S/C23H21N5O2/c1-26-14-20(19-13-25-27(2)22(19)23(26)30)17-10-16(11-24-12-17)15-5-7-18(8-6-15)28-9-3-4-21(28)29/h5-8,10-14H,3-4,9H2,1-2H3. The minimum Gasteiger partial charge on any atom is -0.316 e. The van der Waals surface area contributed by atoms with E-state index in [-0.39, 0.29) is 11.5 Å². The Morgan fingerprint density at radius 3 is 2.43 bits per heavy atom. The van der Waals surface area contributed by atoms with Crippen LogP contribution in [0.4, 0.5) is 5.69 Å². The number of hydrogen-bond donors (Lipinski definition) is 0. The summed E-state index contributed by atoms with van der Waals surface area (Å²) in [6, 6.07) is 10.1. The number of carbonyl (C=O) groups excluding carboxylic acids is 1. The minimum atomic E-state index is -0.0788. The maximum atomic E-state index is 12.5. The molecule has 0 saturated carbocycles. The van der Waals surface area contributed by atoms with E-state index in [1.165, 1.54) is 0 Å². The molecule has 0 spiro atoms. The molecule has 4 heterocycles. The van der Waals surface area contributed by atoms with E-state index in [4.69, 9.17) is 0 Å². The van der Waals surface area contributed by atoms with E-state index in [2.05, 4.69) is 16.1 Å². The Labute approximate surface area is 173 Å². The third kappa shape index (κ3) is 2.90. The number of fused-ring (bicyclic) bond motifs is 1. The molecule has 150 valence electrons. The molecule has 30 heavy (non-hydrogen) atoms. The van der Waals surface area contributed by atoms with Crippen LogP contribution < -0.4 is 10.5 Å². The van der Waals surface area contributed by atoms with Gasteiger partial charge in [0.1, 0.15) is 5.52 Å². The normalized spacial score (nSPS) is 14.1. The van der Waals surface area contributed by atoms with Gasteiger partial charge in [-0.25, -0.2) is 0 Å². The van der Waals surface area contributed by atoms with Gasteiger partial charge in [-0.3, -0.25) is 19.3 Å². The monoisotopic (exact) mass is 399 g/mol. The summed E-state index contributed by atoms with van der Waals surface area (Å²) in [5.74, 6) is 0.182. The Kier molecular flexibility index (Phi) is 4.24. The van der Waals surface area contributed by atoms with Gasteiger partial charge in [0, 0.05) is 73.4 Å². The van der Waals surface area contributed by atoms with Crippen LogP contribution in [0, 0.1) is 0 Å². The zero-order chi connectivity index (χ0) is 20.8. The molecule has 0 radical (unpaired) electrons. The summed E-state index contributed by atoms with van der Waals surface area (Å²) in [6.45, 7) is 0.781. The fourth-order valence-corrected chi connectivity index (χ4v) is 4.11. The van der Waals surface area contributed by atoms with Crippen LogP contribution in [0.2, 0.25) is 0 Å². The van der Waals surface area contributed by atoms with Gasteiger partial charge >= 0.3 is 0 Å². The van der Waals surface area contributed by atoms with Crippen molar-refractivity contribution in [3.63, 3.8) is 0 Å². The number of rotatable bonds is 3. The molecule has 5 rings (SSSR count). The van der Waals surface area contributed by atoms with Crippen molar-refractivity contribution >= 4 is 22.5 Å². The third-order valence-electron chi connectivity index (χ3n) is 5.71. The molecule has 0 atom stereocenters. The molecule has 1 saturated heterocycles. The number of pyridine rings is 2. The van der Waals surface area contributed by atoms with Gasteiger partial charge in [0.15, 0.2) is 0 Å². The summed E-state index contributed by atoms with van der Waals surface area (Å²) in [6.07, 6.45) is 8.70. The van der Waals surface area contributed by atoms with Crippen molar-refractivity contribution in [3.8, 4) is 22.3 Å². The van der Waals surface area contributed by atoms with Gasteiger partial charge < -0.3 is 9.47 Å². The molecule has 0 unspecified atom stereocenters. The van der Waals surface area contributed by atoms with Gasteiger partial charge in [-0.05, 0) is 30.2 Å². The highest BCUT2D eigenvalue weighted by Gasteiger charge is 2.21. The molecule has 1 fully saturated rings. The van der Waals surface area contributed by atoms with Crippen molar-refractivity contribution in [3.05, 3.63) is 65.5 Å². The first-order chi connectivity index (χ1) is 14.5. The second kappa shape index (κ2) is 6.95. The first-order valence-corrected chi connectivity index (χ1v) is 9.90. The second-order valence-electron chi connectivity index (χ2n) is 7.65. The smallest absolute Gasteiger partial charge is 0.276 e. The molecule has 7 nitrogen and oxygen atoms in total. The van der Waals surface area contributed by atoms with Crippen molar-refractivity contribution in [2.24, 2.45) is 14.1 Å². The minimum absolute atomic E-state index is 0.0788. The van der Waals surface area contributed by atoms with Gasteiger partial charge in [0.05, 0.1) is 6.20 Å². The molecule has 1 aromatic carbocycles. The molecule has 1 amide bonds. The molecular formula is C23H21N5O2. The zero-order valence-electron chi connectivity index (χ0n) is 16.9. The van der Waals surface area contributed by atoms with Gasteiger partial charge in [-0.15, -0.1) is 0 Å². The molecule has 7 heteroatoms. The molecular weight excluding hydrogens is 378 g/mol. The predicted molar refractivity (Wildman–Crippen MR) is 116 cm³/mol. The maximum absolute atomic E-state index is 12.5. The van der Waals surface area contributed by atoms with Crippen molar-refractivity contribution in [1.82, 2.24) is 19.3 Å². The molecule has 0 aliphatic carbocycles. The zero-order valence-corrected chi connectivity index (χ0v) is 16.9. The Morgan fingerprint density at radius 2 is 1.70 bits per heavy atom. The maximum Gasteiger partial charge on any atom is 0.276 e. The number of hydrogen-bond acceptors (Lipinski definition) is 4. The van der Waals surface area contributed by atoms with Crippen molar-refractivity contribution < 1.29 is 4.79 Å². The van der Waals surface area contributed by atoms with Crippen LogP contribution >= 0.6 is 0 Å². The number of carbonyl (C=O) groups is 1. The third-order valence-corrected chi connectivity index (χ3v) is 5.71. The largest absolute Gasteiger partial charge is 0.316 e. The SMILES string of the molecule is Cn1cc(-c2cncc(-c3ccc(N4CCCC4=O)cc3)c2)c2cnn(C)c2c1=O. The summed E-state index contributed by atoms with van der Waals surface area (Å²) in [4.78, 5) is 30.8. The van der Waals surface area contributed by atoms with Gasteiger partial charge in [0.25, 0.3) is 5.56 Å². The topological polar surface area (TPSA) is 73.0 Å². The molecule has 1 aliphatic rings. The van der Waals surface area contributed by atoms with Crippen LogP contribution in [-0.4, -0.2) is 31.8 Å². The fourth-order valence-electron chi connectivity index (χ4n) is 4.11. The van der Waals surface area contributed by atoms with Gasteiger partial charge in [0.2, 0.25) is 5.91 Å². The number of aryl methyl sites for hydroxylation is 2. The van der Waals surface area contributed by atoms with E-state index in [1.807, 2.05) is 41.6 Å². The summed E-state index contributed by atoms with van der Waals surface area (Å²) in [5.41, 5.74) is 5.24. The number of anilines is 1. The summed E-state index contributed by atoms with van der Waals surface area (Å²) >= 11 is 0. The Bertz CT molecular complexity index is 1330. The van der Waals surface area contributed by atoms with E-state index in [9.17, 15) is 9.59 Å². The van der Waals surface area contributed by atoms with E-state index >= 15 is 0 Å². The second-order valence-corrected chi connectivity index (χ2v) is 7.65. The summed E-state index contributed by atoms with van der Waals surface area (Å²) in [7, 11) is 3.52. The van der Waals surface area contributed by atoms with Crippen LogP contribution in [0.25, 0.3) is 33.2 Å². The van der Waals surface area contributed by atoms with Crippen LogP contribution in [0.15, 0.2) is 59.9 Å². The number of nitrogens with zero attached hydrogens (tertiary/aromatic N) is 5. The highest BCUT2D eigenvalue weighted by molar-refractivity contribution is 5.96. The van der Waals surface area contributed by atoms with E-state index in [1.54, 1.807) is 35.7 Å². The molecule has 1 aliphatic heterocycles. The lowest BCUT2D eigenvalue weighted by Gasteiger charge is -2.16. The Morgan fingerprint density at radius 1 is 0.933 bits per heavy atom. The van der Waals surface area contributed by atoms with E-state index in [0.717, 1.165) is 46.3 Å². The van der Waals surface area contributed by atoms with Crippen LogP contribution in [-0.2, 0) is 18.9 Å². The van der Waals surface area contributed by atoms with E-state index < -0.39 is 0 Å². The van der Waals surface area contributed by atoms with Crippen molar-refractivity contribution in [2.45, 2.75) is 12.8 Å². The average molecular weight is 399 g/mol. The lowest BCUT2D eigenvalue weighted by atomic mass is 10.0. The molecule has 4 aromatic rings. The lowest BCUT2D eigenvalue weighted by Crippen LogP contribution is -2.23.